The van der Waals surface area contributed by atoms with E-state index in [2.05, 4.69) is 22.5 Å². The zero-order valence-electron chi connectivity index (χ0n) is 13.2. The fourth-order valence-corrected chi connectivity index (χ4v) is 2.43. The Labute approximate surface area is 149 Å². The van der Waals surface area contributed by atoms with Gasteiger partial charge in [-0.05, 0) is 18.6 Å². The van der Waals surface area contributed by atoms with E-state index in [0.29, 0.717) is 13.0 Å². The van der Waals surface area contributed by atoms with Crippen molar-refractivity contribution < 1.29 is 4.79 Å². The Morgan fingerprint density at radius 3 is 2.73 bits per heavy atom. The van der Waals surface area contributed by atoms with E-state index in [1.165, 1.54) is 0 Å². The standard InChI is InChI=1S/C16H24N4O.HI/c1-3-4-10-18-16(17-2)19-13-11-15(21)20(12-13)14-8-6-5-7-9-14;/h5-9,13H,3-4,10-12H2,1-2H3,(H2,17,18,19);1H. The van der Waals surface area contributed by atoms with Gasteiger partial charge in [0.1, 0.15) is 0 Å². The number of benzene rings is 1. The van der Waals surface area contributed by atoms with Gasteiger partial charge in [0.25, 0.3) is 0 Å². The van der Waals surface area contributed by atoms with Crippen molar-refractivity contribution in [3.05, 3.63) is 30.3 Å². The summed E-state index contributed by atoms with van der Waals surface area (Å²) >= 11 is 0. The number of halogens is 1. The Morgan fingerprint density at radius 1 is 1.36 bits per heavy atom. The zero-order chi connectivity index (χ0) is 15.1. The van der Waals surface area contributed by atoms with Crippen LogP contribution in [0, 0.1) is 0 Å². The molecule has 1 amide bonds. The summed E-state index contributed by atoms with van der Waals surface area (Å²) in [5.41, 5.74) is 0.959. The number of unbranched alkanes of at least 4 members (excludes halogenated alkanes) is 1. The average Bonchev–Trinajstić information content (AvgIpc) is 2.88. The largest absolute Gasteiger partial charge is 0.356 e. The molecule has 122 valence electrons. The minimum absolute atomic E-state index is 0. The molecule has 0 bridgehead atoms. The molecule has 1 unspecified atom stereocenters. The summed E-state index contributed by atoms with van der Waals surface area (Å²) in [6.45, 7) is 3.74. The first-order valence-corrected chi connectivity index (χ1v) is 7.57. The van der Waals surface area contributed by atoms with Gasteiger partial charge in [0.15, 0.2) is 5.96 Å². The topological polar surface area (TPSA) is 56.7 Å². The predicted molar refractivity (Wildman–Crippen MR) is 102 cm³/mol. The smallest absolute Gasteiger partial charge is 0.229 e. The SMILES string of the molecule is CCCCNC(=NC)NC1CC(=O)N(c2ccccc2)C1.I. The Bertz CT molecular complexity index is 492. The molecular formula is C16H25IN4O. The molecule has 1 aromatic rings. The summed E-state index contributed by atoms with van der Waals surface area (Å²) in [5, 5.41) is 6.61. The normalized spacial score (nSPS) is 18.1. The lowest BCUT2D eigenvalue weighted by molar-refractivity contribution is -0.117. The highest BCUT2D eigenvalue weighted by Gasteiger charge is 2.30. The first-order chi connectivity index (χ1) is 10.2. The Kier molecular flexibility index (Phi) is 8.22. The molecule has 1 aliphatic heterocycles. The van der Waals surface area contributed by atoms with Crippen molar-refractivity contribution in [3.8, 4) is 0 Å². The molecule has 5 nitrogen and oxygen atoms in total. The summed E-state index contributed by atoms with van der Waals surface area (Å²) in [4.78, 5) is 18.2. The van der Waals surface area contributed by atoms with E-state index in [0.717, 1.165) is 31.0 Å². The summed E-state index contributed by atoms with van der Waals surface area (Å²) in [5.74, 6) is 0.930. The zero-order valence-corrected chi connectivity index (χ0v) is 15.5. The third kappa shape index (κ3) is 5.15. The summed E-state index contributed by atoms with van der Waals surface area (Å²) in [6.07, 6.45) is 2.76. The number of hydrogen-bond acceptors (Lipinski definition) is 2. The highest BCUT2D eigenvalue weighted by atomic mass is 127. The summed E-state index contributed by atoms with van der Waals surface area (Å²) in [6, 6.07) is 9.90. The predicted octanol–water partition coefficient (Wildman–Crippen LogP) is 2.38. The quantitative estimate of drug-likeness (QED) is 0.336. The molecule has 0 spiro atoms. The maximum atomic E-state index is 12.1. The van der Waals surface area contributed by atoms with Crippen LogP contribution in [-0.2, 0) is 4.79 Å². The van der Waals surface area contributed by atoms with Crippen molar-refractivity contribution >= 4 is 41.5 Å². The average molecular weight is 416 g/mol. The third-order valence-corrected chi connectivity index (χ3v) is 3.58. The fourth-order valence-electron chi connectivity index (χ4n) is 2.43. The fraction of sp³-hybridized carbons (Fsp3) is 0.500. The lowest BCUT2D eigenvalue weighted by atomic mass is 10.2. The van der Waals surface area contributed by atoms with E-state index in [9.17, 15) is 4.79 Å². The molecular weight excluding hydrogens is 391 g/mol. The van der Waals surface area contributed by atoms with Crippen LogP contribution in [-0.4, -0.2) is 38.0 Å². The van der Waals surface area contributed by atoms with Crippen LogP contribution >= 0.6 is 24.0 Å². The number of hydrogen-bond donors (Lipinski definition) is 2. The Hall–Kier alpha value is -1.31. The molecule has 0 radical (unpaired) electrons. The van der Waals surface area contributed by atoms with Gasteiger partial charge in [-0.1, -0.05) is 31.5 Å². The number of anilines is 1. The van der Waals surface area contributed by atoms with Gasteiger partial charge < -0.3 is 15.5 Å². The third-order valence-electron chi connectivity index (χ3n) is 3.58. The van der Waals surface area contributed by atoms with E-state index in [1.54, 1.807) is 7.05 Å². The molecule has 6 heteroatoms. The second-order valence-electron chi connectivity index (χ2n) is 5.24. The second kappa shape index (κ2) is 9.66. The molecule has 0 saturated carbocycles. The number of carbonyl (C=O) groups is 1. The van der Waals surface area contributed by atoms with Gasteiger partial charge in [0.2, 0.25) is 5.91 Å². The van der Waals surface area contributed by atoms with E-state index < -0.39 is 0 Å². The molecule has 1 atom stereocenters. The summed E-state index contributed by atoms with van der Waals surface area (Å²) in [7, 11) is 1.76. The Morgan fingerprint density at radius 2 is 2.09 bits per heavy atom. The molecule has 2 rings (SSSR count). The minimum atomic E-state index is 0. The first kappa shape index (κ1) is 18.7. The van der Waals surface area contributed by atoms with Crippen LogP contribution in [0.3, 0.4) is 0 Å². The van der Waals surface area contributed by atoms with Crippen molar-refractivity contribution in [2.75, 3.05) is 25.0 Å². The van der Waals surface area contributed by atoms with Gasteiger partial charge in [0.05, 0.1) is 6.04 Å². The highest BCUT2D eigenvalue weighted by Crippen LogP contribution is 2.20. The lowest BCUT2D eigenvalue weighted by Crippen LogP contribution is -2.44. The van der Waals surface area contributed by atoms with Crippen LogP contribution in [0.5, 0.6) is 0 Å². The van der Waals surface area contributed by atoms with E-state index in [-0.39, 0.29) is 35.9 Å². The van der Waals surface area contributed by atoms with Crippen molar-refractivity contribution in [1.29, 1.82) is 0 Å². The molecule has 1 fully saturated rings. The van der Waals surface area contributed by atoms with Gasteiger partial charge in [-0.15, -0.1) is 24.0 Å². The number of carbonyl (C=O) groups excluding carboxylic acids is 1. The molecule has 0 aliphatic carbocycles. The molecule has 2 N–H and O–H groups in total. The van der Waals surface area contributed by atoms with Crippen LogP contribution < -0.4 is 15.5 Å². The van der Waals surface area contributed by atoms with Crippen molar-refractivity contribution in [2.45, 2.75) is 32.2 Å². The minimum Gasteiger partial charge on any atom is -0.356 e. The van der Waals surface area contributed by atoms with E-state index in [1.807, 2.05) is 35.2 Å². The van der Waals surface area contributed by atoms with Crippen LogP contribution in [0.2, 0.25) is 0 Å². The molecule has 1 aliphatic rings. The van der Waals surface area contributed by atoms with Crippen molar-refractivity contribution in [1.82, 2.24) is 10.6 Å². The van der Waals surface area contributed by atoms with Crippen LogP contribution in [0.4, 0.5) is 5.69 Å². The number of amides is 1. The number of rotatable bonds is 5. The van der Waals surface area contributed by atoms with Gasteiger partial charge in [-0.2, -0.15) is 0 Å². The number of nitrogens with zero attached hydrogens (tertiary/aromatic N) is 2. The highest BCUT2D eigenvalue weighted by molar-refractivity contribution is 14.0. The van der Waals surface area contributed by atoms with Crippen LogP contribution in [0.25, 0.3) is 0 Å². The maximum absolute atomic E-state index is 12.1. The van der Waals surface area contributed by atoms with Gasteiger partial charge in [-0.3, -0.25) is 9.79 Å². The van der Waals surface area contributed by atoms with E-state index >= 15 is 0 Å². The molecule has 0 aromatic heterocycles. The number of para-hydroxylation sites is 1. The first-order valence-electron chi connectivity index (χ1n) is 7.57. The summed E-state index contributed by atoms with van der Waals surface area (Å²) < 4.78 is 0. The number of aliphatic imine (C=N–C) groups is 1. The number of guanidine groups is 1. The molecule has 22 heavy (non-hydrogen) atoms. The molecule has 1 saturated heterocycles. The number of nitrogens with one attached hydrogen (secondary N) is 2. The van der Waals surface area contributed by atoms with Gasteiger partial charge in [-0.25, -0.2) is 0 Å². The van der Waals surface area contributed by atoms with Crippen molar-refractivity contribution in [3.63, 3.8) is 0 Å². The Balaban J connectivity index is 0.00000242. The van der Waals surface area contributed by atoms with E-state index in [4.69, 9.17) is 0 Å². The maximum Gasteiger partial charge on any atom is 0.229 e. The lowest BCUT2D eigenvalue weighted by Gasteiger charge is -2.18. The molecule has 1 heterocycles. The second-order valence-corrected chi connectivity index (χ2v) is 5.24. The van der Waals surface area contributed by atoms with Crippen LogP contribution in [0.1, 0.15) is 26.2 Å². The van der Waals surface area contributed by atoms with Gasteiger partial charge in [0, 0.05) is 32.2 Å². The van der Waals surface area contributed by atoms with Crippen molar-refractivity contribution in [2.24, 2.45) is 4.99 Å². The molecule has 1 aromatic carbocycles. The monoisotopic (exact) mass is 416 g/mol. The van der Waals surface area contributed by atoms with Crippen LogP contribution in [0.15, 0.2) is 35.3 Å². The van der Waals surface area contributed by atoms with Gasteiger partial charge >= 0.3 is 0 Å².